The molecule has 0 atom stereocenters. The Balaban J connectivity index is 2.07. The molecule has 0 fully saturated rings. The Morgan fingerprint density at radius 3 is 2.67 bits per heavy atom. The third-order valence-electron chi connectivity index (χ3n) is 2.63. The van der Waals surface area contributed by atoms with Crippen molar-refractivity contribution in [2.24, 2.45) is 7.05 Å². The van der Waals surface area contributed by atoms with Crippen LogP contribution in [0.3, 0.4) is 0 Å². The first-order valence-electron chi connectivity index (χ1n) is 5.42. The molecule has 96 valence electrons. The van der Waals surface area contributed by atoms with Gasteiger partial charge in [-0.2, -0.15) is 5.10 Å². The Morgan fingerprint density at radius 2 is 2.17 bits per heavy atom. The highest BCUT2D eigenvalue weighted by Crippen LogP contribution is 2.18. The van der Waals surface area contributed by atoms with E-state index in [0.717, 1.165) is 17.1 Å². The second-order valence-corrected chi connectivity index (χ2v) is 4.02. The van der Waals surface area contributed by atoms with Crippen LogP contribution in [0.15, 0.2) is 6.33 Å². The Bertz CT molecular complexity index is 583. The van der Waals surface area contributed by atoms with Gasteiger partial charge in [0.15, 0.2) is 0 Å². The minimum atomic E-state index is -0.195. The van der Waals surface area contributed by atoms with Gasteiger partial charge in [-0.1, -0.05) is 0 Å². The van der Waals surface area contributed by atoms with Crippen LogP contribution in [-0.2, 0) is 18.4 Å². The standard InChI is InChI=1S/C10H15N7O/c1-6-9(7(2)16(3)14-6)13-8(18)4-17-5-12-10(11)15-17/h5H,4H2,1-3H3,(H2,11,15)(H,13,18). The molecule has 0 radical (unpaired) electrons. The predicted molar refractivity (Wildman–Crippen MR) is 65.7 cm³/mol. The van der Waals surface area contributed by atoms with Crippen LogP contribution in [0.5, 0.6) is 0 Å². The molecule has 0 bridgehead atoms. The zero-order valence-electron chi connectivity index (χ0n) is 10.5. The van der Waals surface area contributed by atoms with Gasteiger partial charge in [-0.15, -0.1) is 5.10 Å². The van der Waals surface area contributed by atoms with E-state index in [4.69, 9.17) is 5.73 Å². The lowest BCUT2D eigenvalue weighted by atomic mass is 10.3. The molecule has 18 heavy (non-hydrogen) atoms. The van der Waals surface area contributed by atoms with Gasteiger partial charge in [0.2, 0.25) is 11.9 Å². The highest BCUT2D eigenvalue weighted by molar-refractivity contribution is 5.91. The van der Waals surface area contributed by atoms with Crippen LogP contribution in [-0.4, -0.2) is 30.5 Å². The van der Waals surface area contributed by atoms with Gasteiger partial charge in [-0.25, -0.2) is 9.67 Å². The van der Waals surface area contributed by atoms with E-state index in [1.165, 1.54) is 11.0 Å². The summed E-state index contributed by atoms with van der Waals surface area (Å²) in [6.07, 6.45) is 1.41. The minimum Gasteiger partial charge on any atom is -0.367 e. The topological polar surface area (TPSA) is 104 Å². The fourth-order valence-electron chi connectivity index (χ4n) is 1.67. The van der Waals surface area contributed by atoms with E-state index in [0.29, 0.717) is 0 Å². The van der Waals surface area contributed by atoms with Crippen molar-refractivity contribution in [3.63, 3.8) is 0 Å². The number of amides is 1. The van der Waals surface area contributed by atoms with Gasteiger partial charge in [-0.3, -0.25) is 9.48 Å². The molecule has 3 N–H and O–H groups in total. The summed E-state index contributed by atoms with van der Waals surface area (Å²) in [4.78, 5) is 15.6. The summed E-state index contributed by atoms with van der Waals surface area (Å²) in [5, 5.41) is 10.9. The molecule has 2 heterocycles. The zero-order valence-corrected chi connectivity index (χ0v) is 10.5. The summed E-state index contributed by atoms with van der Waals surface area (Å²) in [7, 11) is 1.83. The molecule has 0 spiro atoms. The average Bonchev–Trinajstić information content (AvgIpc) is 2.78. The highest BCUT2D eigenvalue weighted by Gasteiger charge is 2.13. The van der Waals surface area contributed by atoms with E-state index < -0.39 is 0 Å². The summed E-state index contributed by atoms with van der Waals surface area (Å²) >= 11 is 0. The van der Waals surface area contributed by atoms with E-state index in [-0.39, 0.29) is 18.4 Å². The minimum absolute atomic E-state index is 0.0674. The number of aryl methyl sites for hydroxylation is 2. The Morgan fingerprint density at radius 1 is 1.44 bits per heavy atom. The summed E-state index contributed by atoms with van der Waals surface area (Å²) < 4.78 is 3.10. The number of carbonyl (C=O) groups excluding carboxylic acids is 1. The molecule has 2 rings (SSSR count). The lowest BCUT2D eigenvalue weighted by Crippen LogP contribution is -2.20. The van der Waals surface area contributed by atoms with Crippen LogP contribution >= 0.6 is 0 Å². The number of rotatable bonds is 3. The van der Waals surface area contributed by atoms with Crippen molar-refractivity contribution in [3.05, 3.63) is 17.7 Å². The second-order valence-electron chi connectivity index (χ2n) is 4.02. The van der Waals surface area contributed by atoms with Crippen LogP contribution in [0, 0.1) is 13.8 Å². The van der Waals surface area contributed by atoms with Crippen molar-refractivity contribution >= 4 is 17.5 Å². The molecule has 0 aliphatic rings. The van der Waals surface area contributed by atoms with E-state index in [1.54, 1.807) is 4.68 Å². The van der Waals surface area contributed by atoms with Crippen molar-refractivity contribution < 1.29 is 4.79 Å². The normalized spacial score (nSPS) is 10.6. The fourth-order valence-corrected chi connectivity index (χ4v) is 1.67. The van der Waals surface area contributed by atoms with Crippen LogP contribution < -0.4 is 11.1 Å². The number of aromatic nitrogens is 5. The number of nitrogens with zero attached hydrogens (tertiary/aromatic N) is 5. The third kappa shape index (κ3) is 2.31. The zero-order chi connectivity index (χ0) is 13.3. The van der Waals surface area contributed by atoms with Gasteiger partial charge in [0.05, 0.1) is 17.1 Å². The Hall–Kier alpha value is -2.38. The van der Waals surface area contributed by atoms with Crippen LogP contribution in [0.25, 0.3) is 0 Å². The molecule has 0 saturated carbocycles. The van der Waals surface area contributed by atoms with Gasteiger partial charge in [-0.05, 0) is 13.8 Å². The Labute approximate surface area is 104 Å². The molecule has 0 aliphatic heterocycles. The smallest absolute Gasteiger partial charge is 0.246 e. The molecular formula is C10H15N7O. The number of carbonyl (C=O) groups is 1. The number of anilines is 2. The van der Waals surface area contributed by atoms with Crippen molar-refractivity contribution in [2.45, 2.75) is 20.4 Å². The fraction of sp³-hybridized carbons (Fsp3) is 0.400. The molecule has 0 aromatic carbocycles. The van der Waals surface area contributed by atoms with Crippen LogP contribution in [0.2, 0.25) is 0 Å². The third-order valence-corrected chi connectivity index (χ3v) is 2.63. The van der Waals surface area contributed by atoms with Gasteiger partial charge >= 0.3 is 0 Å². The highest BCUT2D eigenvalue weighted by atomic mass is 16.2. The summed E-state index contributed by atoms with van der Waals surface area (Å²) in [6, 6.07) is 0. The van der Waals surface area contributed by atoms with E-state index in [9.17, 15) is 4.79 Å². The first kappa shape index (κ1) is 12.1. The molecule has 0 unspecified atom stereocenters. The molecule has 0 saturated heterocycles. The number of nitrogen functional groups attached to an aromatic ring is 1. The average molecular weight is 249 g/mol. The summed E-state index contributed by atoms with van der Waals surface area (Å²) in [6.45, 7) is 3.80. The first-order valence-corrected chi connectivity index (χ1v) is 5.42. The molecule has 2 aromatic heterocycles. The second kappa shape index (κ2) is 4.47. The van der Waals surface area contributed by atoms with Gasteiger partial charge < -0.3 is 11.1 Å². The molecule has 8 heteroatoms. The molecular weight excluding hydrogens is 234 g/mol. The lowest BCUT2D eigenvalue weighted by molar-refractivity contribution is -0.116. The van der Waals surface area contributed by atoms with Gasteiger partial charge in [0.1, 0.15) is 12.9 Å². The van der Waals surface area contributed by atoms with E-state index in [1.807, 2.05) is 20.9 Å². The SMILES string of the molecule is Cc1nn(C)c(C)c1NC(=O)Cn1cnc(N)n1. The maximum absolute atomic E-state index is 11.8. The lowest BCUT2D eigenvalue weighted by Gasteiger charge is -2.05. The maximum Gasteiger partial charge on any atom is 0.246 e. The van der Waals surface area contributed by atoms with Crippen molar-refractivity contribution in [3.8, 4) is 0 Å². The monoisotopic (exact) mass is 249 g/mol. The number of hydrogen-bond acceptors (Lipinski definition) is 5. The number of hydrogen-bond donors (Lipinski definition) is 2. The number of nitrogens with one attached hydrogen (secondary N) is 1. The van der Waals surface area contributed by atoms with Crippen molar-refractivity contribution in [1.82, 2.24) is 24.5 Å². The van der Waals surface area contributed by atoms with Crippen LogP contribution in [0.4, 0.5) is 11.6 Å². The van der Waals surface area contributed by atoms with Gasteiger partial charge in [0.25, 0.3) is 0 Å². The molecule has 1 amide bonds. The maximum atomic E-state index is 11.8. The quantitative estimate of drug-likeness (QED) is 0.787. The number of nitrogens with two attached hydrogens (primary N) is 1. The van der Waals surface area contributed by atoms with Crippen molar-refractivity contribution in [1.29, 1.82) is 0 Å². The summed E-state index contributed by atoms with van der Waals surface area (Å²) in [5.74, 6) is -0.0457. The molecule has 2 aromatic rings. The first-order chi connectivity index (χ1) is 8.47. The van der Waals surface area contributed by atoms with E-state index in [2.05, 4.69) is 20.5 Å². The van der Waals surface area contributed by atoms with Crippen LogP contribution in [0.1, 0.15) is 11.4 Å². The largest absolute Gasteiger partial charge is 0.367 e. The molecule has 8 nitrogen and oxygen atoms in total. The molecule has 0 aliphatic carbocycles. The van der Waals surface area contributed by atoms with Gasteiger partial charge in [0, 0.05) is 7.05 Å². The van der Waals surface area contributed by atoms with Crippen molar-refractivity contribution in [2.75, 3.05) is 11.1 Å². The predicted octanol–water partition coefficient (Wildman–Crippen LogP) is -0.151. The Kier molecular flexibility index (Phi) is 3.00. The van der Waals surface area contributed by atoms with E-state index >= 15 is 0 Å². The summed E-state index contributed by atoms with van der Waals surface area (Å²) in [5.41, 5.74) is 7.78.